The molecule has 2 aromatic carbocycles. The van der Waals surface area contributed by atoms with Gasteiger partial charge in [0, 0.05) is 5.02 Å². The molecular formula is C16H15ClO3. The minimum absolute atomic E-state index is 0.405. The molecule has 3 nitrogen and oxygen atoms in total. The lowest BCUT2D eigenvalue weighted by Crippen LogP contribution is -2.30. The number of aliphatic hydroxyl groups is 1. The van der Waals surface area contributed by atoms with Crippen LogP contribution in [-0.4, -0.2) is 16.2 Å². The largest absolute Gasteiger partial charge is 0.481 e. The fourth-order valence-corrected chi connectivity index (χ4v) is 2.27. The fourth-order valence-electron chi connectivity index (χ4n) is 2.14. The van der Waals surface area contributed by atoms with Gasteiger partial charge in [0.2, 0.25) is 0 Å². The summed E-state index contributed by atoms with van der Waals surface area (Å²) < 4.78 is 0. The molecule has 0 bridgehead atoms. The number of rotatable bonds is 4. The monoisotopic (exact) mass is 290 g/mol. The third kappa shape index (κ3) is 3.00. The molecule has 0 spiro atoms. The van der Waals surface area contributed by atoms with Gasteiger partial charge >= 0.3 is 5.97 Å². The second kappa shape index (κ2) is 5.65. The highest BCUT2D eigenvalue weighted by Crippen LogP contribution is 2.33. The fraction of sp³-hybridized carbons (Fsp3) is 0.188. The maximum Gasteiger partial charge on any atom is 0.306 e. The number of aryl methyl sites for hydroxylation is 1. The topological polar surface area (TPSA) is 57.5 Å². The van der Waals surface area contributed by atoms with Gasteiger partial charge in [-0.1, -0.05) is 53.6 Å². The summed E-state index contributed by atoms with van der Waals surface area (Å²) in [5.74, 6) is -1.07. The molecule has 104 valence electrons. The summed E-state index contributed by atoms with van der Waals surface area (Å²) in [7, 11) is 0. The van der Waals surface area contributed by atoms with Crippen LogP contribution in [0, 0.1) is 6.92 Å². The first-order valence-corrected chi connectivity index (χ1v) is 6.57. The van der Waals surface area contributed by atoms with E-state index in [9.17, 15) is 9.90 Å². The van der Waals surface area contributed by atoms with Gasteiger partial charge in [0.05, 0.1) is 6.42 Å². The Morgan fingerprint density at radius 1 is 1.05 bits per heavy atom. The Morgan fingerprint density at radius 2 is 1.50 bits per heavy atom. The molecule has 0 heterocycles. The predicted octanol–water partition coefficient (Wildman–Crippen LogP) is 3.36. The molecule has 0 saturated carbocycles. The maximum atomic E-state index is 11.1. The van der Waals surface area contributed by atoms with Gasteiger partial charge in [-0.05, 0) is 30.2 Å². The molecule has 0 fully saturated rings. The zero-order valence-corrected chi connectivity index (χ0v) is 11.8. The van der Waals surface area contributed by atoms with E-state index in [2.05, 4.69) is 0 Å². The number of halogens is 1. The van der Waals surface area contributed by atoms with Gasteiger partial charge in [-0.25, -0.2) is 0 Å². The van der Waals surface area contributed by atoms with Gasteiger partial charge in [0.25, 0.3) is 0 Å². The van der Waals surface area contributed by atoms with Crippen molar-refractivity contribution in [3.63, 3.8) is 0 Å². The van der Waals surface area contributed by atoms with Gasteiger partial charge in [0.1, 0.15) is 5.60 Å². The smallest absolute Gasteiger partial charge is 0.306 e. The summed E-state index contributed by atoms with van der Waals surface area (Å²) in [5, 5.41) is 20.5. The molecule has 2 rings (SSSR count). The third-order valence-electron chi connectivity index (χ3n) is 3.26. The van der Waals surface area contributed by atoms with Crippen molar-refractivity contribution in [3.05, 3.63) is 70.2 Å². The number of hydrogen-bond acceptors (Lipinski definition) is 2. The maximum absolute atomic E-state index is 11.1. The number of hydrogen-bond donors (Lipinski definition) is 2. The van der Waals surface area contributed by atoms with E-state index in [1.54, 1.807) is 36.4 Å². The highest BCUT2D eigenvalue weighted by Gasteiger charge is 2.34. The average Bonchev–Trinajstić information content (AvgIpc) is 2.39. The molecular weight excluding hydrogens is 276 g/mol. The lowest BCUT2D eigenvalue weighted by Gasteiger charge is -2.28. The summed E-state index contributed by atoms with van der Waals surface area (Å²) in [6.07, 6.45) is -0.405. The molecule has 0 aromatic heterocycles. The van der Waals surface area contributed by atoms with E-state index < -0.39 is 18.0 Å². The second-order valence-corrected chi connectivity index (χ2v) is 5.24. The van der Waals surface area contributed by atoms with E-state index >= 15 is 0 Å². The molecule has 0 aliphatic heterocycles. The van der Waals surface area contributed by atoms with Crippen molar-refractivity contribution < 1.29 is 15.0 Å². The van der Waals surface area contributed by atoms with Crippen LogP contribution in [0.25, 0.3) is 0 Å². The number of benzene rings is 2. The number of carboxylic acid groups (broad SMARTS) is 1. The Hall–Kier alpha value is -1.84. The number of carbonyl (C=O) groups is 1. The molecule has 0 aliphatic carbocycles. The quantitative estimate of drug-likeness (QED) is 0.908. The summed E-state index contributed by atoms with van der Waals surface area (Å²) >= 11 is 5.84. The Kier molecular flexibility index (Phi) is 4.12. The van der Waals surface area contributed by atoms with Crippen LogP contribution in [0.3, 0.4) is 0 Å². The third-order valence-corrected chi connectivity index (χ3v) is 3.51. The summed E-state index contributed by atoms with van der Waals surface area (Å²) in [6.45, 7) is 1.93. The highest BCUT2D eigenvalue weighted by molar-refractivity contribution is 6.30. The lowest BCUT2D eigenvalue weighted by molar-refractivity contribution is -0.141. The Morgan fingerprint density at radius 3 is 1.95 bits per heavy atom. The van der Waals surface area contributed by atoms with Crippen molar-refractivity contribution in [1.29, 1.82) is 0 Å². The molecule has 20 heavy (non-hydrogen) atoms. The molecule has 0 amide bonds. The average molecular weight is 291 g/mol. The van der Waals surface area contributed by atoms with Crippen LogP contribution < -0.4 is 0 Å². The molecule has 2 aromatic rings. The van der Waals surface area contributed by atoms with Crippen LogP contribution in [0.5, 0.6) is 0 Å². The summed E-state index contributed by atoms with van der Waals surface area (Å²) in [6, 6.07) is 13.7. The molecule has 2 N–H and O–H groups in total. The van der Waals surface area contributed by atoms with Gasteiger partial charge in [0.15, 0.2) is 0 Å². The van der Waals surface area contributed by atoms with Crippen molar-refractivity contribution in [2.75, 3.05) is 0 Å². The normalized spacial score (nSPS) is 13.8. The van der Waals surface area contributed by atoms with Crippen molar-refractivity contribution in [3.8, 4) is 0 Å². The van der Waals surface area contributed by atoms with Gasteiger partial charge in [-0.2, -0.15) is 0 Å². The summed E-state index contributed by atoms with van der Waals surface area (Å²) in [4.78, 5) is 11.1. The standard InChI is InChI=1S/C16H15ClO3/c1-11-2-4-12(5-3-11)16(20,10-15(18)19)13-6-8-14(17)9-7-13/h2-9,20H,10H2,1H3,(H,18,19). The first kappa shape index (κ1) is 14.6. The molecule has 1 atom stereocenters. The molecule has 0 aliphatic rings. The molecule has 1 unspecified atom stereocenters. The van der Waals surface area contributed by atoms with E-state index in [0.29, 0.717) is 16.1 Å². The van der Waals surface area contributed by atoms with Crippen LogP contribution in [0.4, 0.5) is 0 Å². The van der Waals surface area contributed by atoms with Crippen molar-refractivity contribution in [1.82, 2.24) is 0 Å². The van der Waals surface area contributed by atoms with Crippen LogP contribution in [-0.2, 0) is 10.4 Å². The van der Waals surface area contributed by atoms with Crippen LogP contribution in [0.15, 0.2) is 48.5 Å². The van der Waals surface area contributed by atoms with Gasteiger partial charge in [-0.3, -0.25) is 4.79 Å². The van der Waals surface area contributed by atoms with Crippen LogP contribution >= 0.6 is 11.6 Å². The Balaban J connectivity index is 2.52. The molecule has 0 radical (unpaired) electrons. The minimum atomic E-state index is -1.57. The Labute approximate surface area is 122 Å². The second-order valence-electron chi connectivity index (χ2n) is 4.80. The first-order chi connectivity index (χ1) is 9.41. The number of aliphatic carboxylic acids is 1. The first-order valence-electron chi connectivity index (χ1n) is 6.19. The van der Waals surface area contributed by atoms with Crippen LogP contribution in [0.2, 0.25) is 5.02 Å². The van der Waals surface area contributed by atoms with E-state index in [4.69, 9.17) is 16.7 Å². The number of carboxylic acids is 1. The van der Waals surface area contributed by atoms with Crippen molar-refractivity contribution in [2.24, 2.45) is 0 Å². The molecule has 0 saturated heterocycles. The Bertz CT molecular complexity index is 557. The lowest BCUT2D eigenvalue weighted by atomic mass is 9.83. The SMILES string of the molecule is Cc1ccc(C(O)(CC(=O)O)c2ccc(Cl)cc2)cc1. The van der Waals surface area contributed by atoms with Crippen molar-refractivity contribution >= 4 is 17.6 Å². The van der Waals surface area contributed by atoms with E-state index in [0.717, 1.165) is 5.56 Å². The highest BCUT2D eigenvalue weighted by atomic mass is 35.5. The predicted molar refractivity (Wildman–Crippen MR) is 77.9 cm³/mol. The van der Waals surface area contributed by atoms with E-state index in [1.165, 1.54) is 0 Å². The van der Waals surface area contributed by atoms with Gasteiger partial charge in [-0.15, -0.1) is 0 Å². The summed E-state index contributed by atoms with van der Waals surface area (Å²) in [5.41, 5.74) is 0.535. The zero-order chi connectivity index (χ0) is 14.8. The van der Waals surface area contributed by atoms with Crippen molar-refractivity contribution in [2.45, 2.75) is 18.9 Å². The van der Waals surface area contributed by atoms with E-state index in [1.807, 2.05) is 19.1 Å². The van der Waals surface area contributed by atoms with Crippen LogP contribution in [0.1, 0.15) is 23.1 Å². The minimum Gasteiger partial charge on any atom is -0.481 e. The van der Waals surface area contributed by atoms with Gasteiger partial charge < -0.3 is 10.2 Å². The molecule has 4 heteroatoms. The zero-order valence-electron chi connectivity index (χ0n) is 11.0. The van der Waals surface area contributed by atoms with E-state index in [-0.39, 0.29) is 0 Å².